The van der Waals surface area contributed by atoms with E-state index in [0.717, 1.165) is 16.1 Å². The highest BCUT2D eigenvalue weighted by Gasteiger charge is 2.33. The van der Waals surface area contributed by atoms with Gasteiger partial charge in [-0.1, -0.05) is 0 Å². The lowest BCUT2D eigenvalue weighted by atomic mass is 10.2. The molecule has 0 aromatic carbocycles. The van der Waals surface area contributed by atoms with Crippen LogP contribution in [0.25, 0.3) is 4.61 Å². The average Bonchev–Trinajstić information content (AvgIpc) is 2.95. The molecule has 6 nitrogen and oxygen atoms in total. The Kier molecular flexibility index (Phi) is 2.85. The summed E-state index contributed by atoms with van der Waals surface area (Å²) in [5, 5.41) is 7.02. The summed E-state index contributed by atoms with van der Waals surface area (Å²) in [6.45, 7) is 4.46. The van der Waals surface area contributed by atoms with Gasteiger partial charge in [0.25, 0.3) is 5.91 Å². The van der Waals surface area contributed by atoms with Gasteiger partial charge in [0.2, 0.25) is 0 Å². The SMILES string of the molecule is CCNC(=O)c1cc2n(c1)C(Br)=CN1C(C)=NNC21. The number of fused-ring (bicyclic) bond motifs is 3. The van der Waals surface area contributed by atoms with Crippen LogP contribution in [-0.4, -0.2) is 27.8 Å². The summed E-state index contributed by atoms with van der Waals surface area (Å²) in [6.07, 6.45) is 3.73. The molecule has 0 saturated heterocycles. The monoisotopic (exact) mass is 323 g/mol. The highest BCUT2D eigenvalue weighted by Crippen LogP contribution is 2.34. The largest absolute Gasteiger partial charge is 0.352 e. The minimum atomic E-state index is -0.0631. The molecule has 0 aliphatic carbocycles. The minimum Gasteiger partial charge on any atom is -0.352 e. The predicted octanol–water partition coefficient (Wildman–Crippen LogP) is 1.64. The first-order chi connectivity index (χ1) is 9.11. The molecule has 3 rings (SSSR count). The lowest BCUT2D eigenvalue weighted by Crippen LogP contribution is -2.32. The molecule has 1 aromatic rings. The van der Waals surface area contributed by atoms with Gasteiger partial charge in [-0.2, -0.15) is 5.10 Å². The number of carbonyl (C=O) groups is 1. The summed E-state index contributed by atoms with van der Waals surface area (Å²) < 4.78 is 2.83. The summed E-state index contributed by atoms with van der Waals surface area (Å²) in [7, 11) is 0. The Morgan fingerprint density at radius 1 is 1.63 bits per heavy atom. The van der Waals surface area contributed by atoms with Gasteiger partial charge >= 0.3 is 0 Å². The fourth-order valence-corrected chi connectivity index (χ4v) is 2.80. The summed E-state index contributed by atoms with van der Waals surface area (Å²) in [5.41, 5.74) is 4.70. The molecule has 2 aliphatic rings. The molecule has 3 heterocycles. The van der Waals surface area contributed by atoms with Crippen molar-refractivity contribution in [2.75, 3.05) is 6.54 Å². The molecular formula is C12H14BrN5O. The molecule has 2 aliphatic heterocycles. The quantitative estimate of drug-likeness (QED) is 0.869. The molecule has 1 atom stereocenters. The first-order valence-corrected chi connectivity index (χ1v) is 6.87. The van der Waals surface area contributed by atoms with Crippen LogP contribution in [0.3, 0.4) is 0 Å². The Morgan fingerprint density at radius 2 is 2.42 bits per heavy atom. The zero-order valence-electron chi connectivity index (χ0n) is 10.6. The normalized spacial score (nSPS) is 20.2. The van der Waals surface area contributed by atoms with E-state index in [1.165, 1.54) is 0 Å². The van der Waals surface area contributed by atoms with Gasteiger partial charge in [-0.3, -0.25) is 10.2 Å². The molecule has 2 N–H and O–H groups in total. The van der Waals surface area contributed by atoms with Crippen molar-refractivity contribution in [3.05, 3.63) is 29.7 Å². The minimum absolute atomic E-state index is 0.0514. The highest BCUT2D eigenvalue weighted by molar-refractivity contribution is 9.14. The van der Waals surface area contributed by atoms with E-state index >= 15 is 0 Å². The maximum Gasteiger partial charge on any atom is 0.252 e. The Balaban J connectivity index is 2.00. The van der Waals surface area contributed by atoms with Crippen LogP contribution in [0.5, 0.6) is 0 Å². The number of nitrogens with zero attached hydrogens (tertiary/aromatic N) is 3. The van der Waals surface area contributed by atoms with Crippen LogP contribution < -0.4 is 10.7 Å². The van der Waals surface area contributed by atoms with Crippen LogP contribution in [0.2, 0.25) is 0 Å². The van der Waals surface area contributed by atoms with Crippen molar-refractivity contribution in [2.24, 2.45) is 5.10 Å². The van der Waals surface area contributed by atoms with E-state index in [9.17, 15) is 4.79 Å². The van der Waals surface area contributed by atoms with Crippen LogP contribution in [-0.2, 0) is 0 Å². The lowest BCUT2D eigenvalue weighted by molar-refractivity contribution is 0.0956. The molecule has 0 saturated carbocycles. The van der Waals surface area contributed by atoms with Crippen molar-refractivity contribution in [1.82, 2.24) is 20.2 Å². The predicted molar refractivity (Wildman–Crippen MR) is 76.5 cm³/mol. The maximum absolute atomic E-state index is 11.9. The van der Waals surface area contributed by atoms with Crippen molar-refractivity contribution in [3.63, 3.8) is 0 Å². The summed E-state index contributed by atoms with van der Waals surface area (Å²) in [6, 6.07) is 1.89. The zero-order chi connectivity index (χ0) is 13.6. The molecule has 0 fully saturated rings. The maximum atomic E-state index is 11.9. The van der Waals surface area contributed by atoms with E-state index in [1.807, 2.05) is 41.8 Å². The molecular weight excluding hydrogens is 310 g/mol. The molecule has 0 spiro atoms. The first-order valence-electron chi connectivity index (χ1n) is 6.08. The lowest BCUT2D eigenvalue weighted by Gasteiger charge is -2.28. The Labute approximate surface area is 119 Å². The third kappa shape index (κ3) is 1.85. The van der Waals surface area contributed by atoms with Gasteiger partial charge in [0.15, 0.2) is 6.17 Å². The topological polar surface area (TPSA) is 61.7 Å². The van der Waals surface area contributed by atoms with Crippen molar-refractivity contribution < 1.29 is 4.79 Å². The molecule has 1 aromatic heterocycles. The van der Waals surface area contributed by atoms with E-state index in [-0.39, 0.29) is 12.1 Å². The van der Waals surface area contributed by atoms with Crippen molar-refractivity contribution >= 4 is 32.3 Å². The van der Waals surface area contributed by atoms with Crippen LogP contribution in [0.4, 0.5) is 0 Å². The van der Waals surface area contributed by atoms with E-state index in [0.29, 0.717) is 12.1 Å². The molecule has 19 heavy (non-hydrogen) atoms. The molecule has 1 amide bonds. The summed E-state index contributed by atoms with van der Waals surface area (Å²) in [5.74, 6) is 0.834. The van der Waals surface area contributed by atoms with Gasteiger partial charge in [0.05, 0.1) is 11.3 Å². The number of rotatable bonds is 2. The third-order valence-electron chi connectivity index (χ3n) is 3.21. The van der Waals surface area contributed by atoms with Crippen LogP contribution >= 0.6 is 15.9 Å². The van der Waals surface area contributed by atoms with Crippen LogP contribution in [0.1, 0.15) is 36.1 Å². The Hall–Kier alpha value is -1.76. The number of hydrogen-bond acceptors (Lipinski definition) is 4. The number of carbonyl (C=O) groups excluding carboxylic acids is 1. The van der Waals surface area contributed by atoms with Gasteiger partial charge in [0.1, 0.15) is 10.4 Å². The van der Waals surface area contributed by atoms with Gasteiger partial charge in [-0.05, 0) is 35.8 Å². The molecule has 0 bridgehead atoms. The van der Waals surface area contributed by atoms with Crippen LogP contribution in [0.15, 0.2) is 23.6 Å². The second-order valence-electron chi connectivity index (χ2n) is 4.43. The van der Waals surface area contributed by atoms with E-state index in [1.54, 1.807) is 0 Å². The average molecular weight is 324 g/mol. The number of halogens is 1. The highest BCUT2D eigenvalue weighted by atomic mass is 79.9. The van der Waals surface area contributed by atoms with E-state index < -0.39 is 0 Å². The zero-order valence-corrected chi connectivity index (χ0v) is 12.2. The molecule has 7 heteroatoms. The number of amides is 1. The van der Waals surface area contributed by atoms with Gasteiger partial charge < -0.3 is 14.8 Å². The number of aromatic nitrogens is 1. The van der Waals surface area contributed by atoms with Gasteiger partial charge in [0, 0.05) is 18.9 Å². The van der Waals surface area contributed by atoms with Crippen LogP contribution in [0, 0.1) is 0 Å². The number of nitrogens with one attached hydrogen (secondary N) is 2. The number of hydrazone groups is 1. The van der Waals surface area contributed by atoms with Gasteiger partial charge in [-0.15, -0.1) is 0 Å². The summed E-state index contributed by atoms with van der Waals surface area (Å²) >= 11 is 3.52. The van der Waals surface area contributed by atoms with Crippen molar-refractivity contribution in [2.45, 2.75) is 20.0 Å². The second-order valence-corrected chi connectivity index (χ2v) is 5.25. The second kappa shape index (κ2) is 4.41. The smallest absolute Gasteiger partial charge is 0.252 e. The molecule has 0 radical (unpaired) electrons. The standard InChI is InChI=1S/C12H14BrN5O/c1-3-14-12(19)8-4-9-11-16-15-7(2)17(11)6-10(13)18(9)5-8/h4-6,11,16H,3H2,1-2H3,(H,14,19). The third-order valence-corrected chi connectivity index (χ3v) is 3.79. The van der Waals surface area contributed by atoms with Crippen molar-refractivity contribution in [1.29, 1.82) is 0 Å². The van der Waals surface area contributed by atoms with E-state index in [2.05, 4.69) is 31.8 Å². The Morgan fingerprint density at radius 3 is 3.16 bits per heavy atom. The number of amidine groups is 1. The fraction of sp³-hybridized carbons (Fsp3) is 0.333. The Bertz CT molecular complexity index is 603. The van der Waals surface area contributed by atoms with E-state index in [4.69, 9.17) is 0 Å². The fourth-order valence-electron chi connectivity index (χ4n) is 2.28. The summed E-state index contributed by atoms with van der Waals surface area (Å²) in [4.78, 5) is 13.9. The van der Waals surface area contributed by atoms with Crippen molar-refractivity contribution in [3.8, 4) is 0 Å². The van der Waals surface area contributed by atoms with Gasteiger partial charge in [-0.25, -0.2) is 0 Å². The first kappa shape index (κ1) is 12.3. The molecule has 1 unspecified atom stereocenters. The number of hydrogen-bond donors (Lipinski definition) is 2. The molecule has 100 valence electrons.